The van der Waals surface area contributed by atoms with E-state index in [-0.39, 0.29) is 5.56 Å². The summed E-state index contributed by atoms with van der Waals surface area (Å²) < 4.78 is 10.1. The SMILES string of the molecule is O=c1c2c3ccccc3n(-c3cccc4ccc5cccnc5c34)c2ccn1-c1cccc2oc3ccccc3c12. The van der Waals surface area contributed by atoms with Crippen LogP contribution < -0.4 is 5.56 Å². The molecule has 0 spiro atoms. The van der Waals surface area contributed by atoms with E-state index in [1.54, 1.807) is 4.57 Å². The molecule has 9 rings (SSSR count). The Balaban J connectivity index is 1.41. The van der Waals surface area contributed by atoms with Gasteiger partial charge in [-0.05, 0) is 47.9 Å². The number of benzene rings is 5. The molecule has 0 saturated heterocycles. The number of hydrogen-bond acceptors (Lipinski definition) is 3. The fraction of sp³-hybridized carbons (Fsp3) is 0. The molecule has 5 nitrogen and oxygen atoms in total. The smallest absolute Gasteiger partial charge is 0.265 e. The van der Waals surface area contributed by atoms with Crippen molar-refractivity contribution in [2.45, 2.75) is 0 Å². The van der Waals surface area contributed by atoms with Gasteiger partial charge < -0.3 is 8.98 Å². The van der Waals surface area contributed by atoms with Crippen LogP contribution in [0.2, 0.25) is 0 Å². The number of nitrogens with zero attached hydrogens (tertiary/aromatic N) is 3. The van der Waals surface area contributed by atoms with Crippen LogP contribution in [0, 0.1) is 0 Å². The fourth-order valence-corrected chi connectivity index (χ4v) is 6.46. The van der Waals surface area contributed by atoms with Gasteiger partial charge in [-0.1, -0.05) is 72.8 Å². The van der Waals surface area contributed by atoms with E-state index in [9.17, 15) is 4.79 Å². The zero-order chi connectivity index (χ0) is 27.1. The Kier molecular flexibility index (Phi) is 4.41. The first kappa shape index (κ1) is 22.2. The van der Waals surface area contributed by atoms with Crippen molar-refractivity contribution in [2.24, 2.45) is 0 Å². The lowest BCUT2D eigenvalue weighted by Gasteiger charge is -2.13. The van der Waals surface area contributed by atoms with Gasteiger partial charge in [-0.25, -0.2) is 0 Å². The van der Waals surface area contributed by atoms with Crippen LogP contribution in [0.1, 0.15) is 0 Å². The van der Waals surface area contributed by atoms with Crippen molar-refractivity contribution in [3.63, 3.8) is 0 Å². The molecule has 0 radical (unpaired) electrons. The summed E-state index contributed by atoms with van der Waals surface area (Å²) in [5.41, 5.74) is 6.07. The second kappa shape index (κ2) is 8.16. The molecule has 0 aliphatic carbocycles. The number of pyridine rings is 2. The van der Waals surface area contributed by atoms with Crippen molar-refractivity contribution >= 4 is 65.4 Å². The lowest BCUT2D eigenvalue weighted by molar-refractivity contribution is 0.669. The number of para-hydroxylation sites is 2. The summed E-state index contributed by atoms with van der Waals surface area (Å²) in [6.07, 6.45) is 3.72. The second-order valence-electron chi connectivity index (χ2n) is 10.4. The third-order valence-electron chi connectivity index (χ3n) is 8.20. The molecule has 0 atom stereocenters. The maximum absolute atomic E-state index is 14.5. The number of rotatable bonds is 2. The average Bonchev–Trinajstić information content (AvgIpc) is 3.57. The largest absolute Gasteiger partial charge is 0.456 e. The number of hydrogen-bond donors (Lipinski definition) is 0. The van der Waals surface area contributed by atoms with Crippen molar-refractivity contribution in [2.75, 3.05) is 0 Å². The molecule has 0 unspecified atom stereocenters. The Bertz CT molecular complexity index is 2570. The minimum absolute atomic E-state index is 0.0709. The van der Waals surface area contributed by atoms with Crippen molar-refractivity contribution in [1.29, 1.82) is 0 Å². The van der Waals surface area contributed by atoms with Gasteiger partial charge >= 0.3 is 0 Å². The molecule has 0 N–H and O–H groups in total. The zero-order valence-electron chi connectivity index (χ0n) is 21.8. The Morgan fingerprint density at radius 3 is 2.27 bits per heavy atom. The molecule has 4 aromatic heterocycles. The van der Waals surface area contributed by atoms with Gasteiger partial charge in [-0.3, -0.25) is 14.3 Å². The maximum Gasteiger partial charge on any atom is 0.265 e. The third kappa shape index (κ3) is 3.00. The molecule has 0 fully saturated rings. The molecular weight excluding hydrogens is 506 g/mol. The Morgan fingerprint density at radius 1 is 0.561 bits per heavy atom. The average molecular weight is 528 g/mol. The van der Waals surface area contributed by atoms with E-state index in [4.69, 9.17) is 9.40 Å². The molecule has 4 heterocycles. The van der Waals surface area contributed by atoms with E-state index in [1.165, 1.54) is 0 Å². The molecule has 0 amide bonds. The van der Waals surface area contributed by atoms with Crippen LogP contribution in [-0.4, -0.2) is 14.1 Å². The van der Waals surface area contributed by atoms with Gasteiger partial charge in [-0.15, -0.1) is 0 Å². The first-order valence-electron chi connectivity index (χ1n) is 13.6. The van der Waals surface area contributed by atoms with E-state index in [0.29, 0.717) is 5.39 Å². The fourth-order valence-electron chi connectivity index (χ4n) is 6.46. The number of furan rings is 1. The van der Waals surface area contributed by atoms with Crippen LogP contribution in [0.3, 0.4) is 0 Å². The topological polar surface area (TPSA) is 53.0 Å². The zero-order valence-corrected chi connectivity index (χ0v) is 21.8. The molecular formula is C36H21N3O2. The van der Waals surface area contributed by atoms with Crippen LogP contribution in [0.4, 0.5) is 0 Å². The van der Waals surface area contributed by atoms with Gasteiger partial charge in [0.2, 0.25) is 0 Å². The van der Waals surface area contributed by atoms with Gasteiger partial charge in [-0.2, -0.15) is 0 Å². The van der Waals surface area contributed by atoms with Crippen molar-refractivity contribution in [3.8, 4) is 11.4 Å². The quantitative estimate of drug-likeness (QED) is 0.212. The molecule has 0 bridgehead atoms. The van der Waals surface area contributed by atoms with E-state index in [2.05, 4.69) is 53.1 Å². The van der Waals surface area contributed by atoms with E-state index in [1.807, 2.05) is 79.1 Å². The maximum atomic E-state index is 14.5. The van der Waals surface area contributed by atoms with Crippen LogP contribution in [0.15, 0.2) is 137 Å². The summed E-state index contributed by atoms with van der Waals surface area (Å²) in [4.78, 5) is 19.2. The second-order valence-corrected chi connectivity index (χ2v) is 10.4. The highest BCUT2D eigenvalue weighted by molar-refractivity contribution is 6.14. The lowest BCUT2D eigenvalue weighted by Crippen LogP contribution is -2.17. The van der Waals surface area contributed by atoms with Gasteiger partial charge in [0.1, 0.15) is 11.2 Å². The standard InChI is InChI=1S/C36H21N3O2/c40-36-34-24-10-1-3-12-26(24)39(28-14-5-8-22-17-18-23-9-7-20-37-35(23)32(22)28)29(34)19-21-38(36)27-13-6-16-31-33(27)25-11-2-4-15-30(25)41-31/h1-21H. The number of aromatic nitrogens is 3. The predicted octanol–water partition coefficient (Wildman–Crippen LogP) is 8.54. The van der Waals surface area contributed by atoms with Gasteiger partial charge in [0.05, 0.1) is 38.7 Å². The van der Waals surface area contributed by atoms with E-state index < -0.39 is 0 Å². The van der Waals surface area contributed by atoms with Crippen molar-refractivity contribution < 1.29 is 4.42 Å². The summed E-state index contributed by atoms with van der Waals surface area (Å²) in [7, 11) is 0. The monoisotopic (exact) mass is 527 g/mol. The first-order valence-corrected chi connectivity index (χ1v) is 13.6. The summed E-state index contributed by atoms with van der Waals surface area (Å²) in [5.74, 6) is 0. The summed E-state index contributed by atoms with van der Waals surface area (Å²) in [6, 6.07) is 38.6. The first-order chi connectivity index (χ1) is 20.3. The molecule has 5 heteroatoms. The molecule has 0 saturated carbocycles. The van der Waals surface area contributed by atoms with E-state index in [0.717, 1.165) is 71.4 Å². The Labute approximate surface area is 233 Å². The summed E-state index contributed by atoms with van der Waals surface area (Å²) >= 11 is 0. The van der Waals surface area contributed by atoms with Crippen LogP contribution >= 0.6 is 0 Å². The van der Waals surface area contributed by atoms with Crippen molar-refractivity contribution in [3.05, 3.63) is 138 Å². The Hall–Kier alpha value is -5.68. The molecule has 5 aromatic carbocycles. The molecule has 41 heavy (non-hydrogen) atoms. The highest BCUT2D eigenvalue weighted by Crippen LogP contribution is 2.37. The van der Waals surface area contributed by atoms with Gasteiger partial charge in [0.25, 0.3) is 5.56 Å². The number of fused-ring (bicyclic) bond motifs is 9. The third-order valence-corrected chi connectivity index (χ3v) is 8.20. The molecule has 0 aliphatic heterocycles. The van der Waals surface area contributed by atoms with Gasteiger partial charge in [0, 0.05) is 33.9 Å². The predicted molar refractivity (Wildman–Crippen MR) is 166 cm³/mol. The molecule has 192 valence electrons. The highest BCUT2D eigenvalue weighted by Gasteiger charge is 2.20. The van der Waals surface area contributed by atoms with Crippen LogP contribution in [-0.2, 0) is 0 Å². The normalized spacial score (nSPS) is 12.0. The van der Waals surface area contributed by atoms with Crippen LogP contribution in [0.5, 0.6) is 0 Å². The lowest BCUT2D eigenvalue weighted by atomic mass is 10.0. The Morgan fingerprint density at radius 2 is 1.32 bits per heavy atom. The van der Waals surface area contributed by atoms with Crippen LogP contribution in [0.25, 0.3) is 76.8 Å². The minimum atomic E-state index is -0.0709. The highest BCUT2D eigenvalue weighted by atomic mass is 16.3. The molecule has 0 aliphatic rings. The summed E-state index contributed by atoms with van der Waals surface area (Å²) in [6.45, 7) is 0. The summed E-state index contributed by atoms with van der Waals surface area (Å²) in [5, 5.41) is 6.76. The van der Waals surface area contributed by atoms with Gasteiger partial charge in [0.15, 0.2) is 0 Å². The molecule has 9 aromatic rings. The van der Waals surface area contributed by atoms with Crippen molar-refractivity contribution in [1.82, 2.24) is 14.1 Å². The van der Waals surface area contributed by atoms with E-state index >= 15 is 0 Å². The minimum Gasteiger partial charge on any atom is -0.456 e.